The lowest BCUT2D eigenvalue weighted by molar-refractivity contribution is -0.0887. The third-order valence-corrected chi connectivity index (χ3v) is 1.58. The molecule has 1 aliphatic carbocycles. The molecule has 0 heterocycles. The lowest BCUT2D eigenvalue weighted by Crippen LogP contribution is -2.14. The molecule has 0 atom stereocenters. The van der Waals surface area contributed by atoms with Crippen LogP contribution in [0.3, 0.4) is 0 Å². The van der Waals surface area contributed by atoms with Crippen LogP contribution in [0, 0.1) is 17.3 Å². The fraction of sp³-hybridized carbons (Fsp3) is 0.400. The van der Waals surface area contributed by atoms with Gasteiger partial charge in [-0.15, -0.1) is 0 Å². The minimum Gasteiger partial charge on any atom is -0.166 e. The molecule has 0 aromatic heterocycles. The highest BCUT2D eigenvalue weighted by Crippen LogP contribution is 2.31. The predicted octanol–water partition coefficient (Wildman–Crippen LogP) is 3.07. The molecule has 1 rings (SSSR count). The van der Waals surface area contributed by atoms with Gasteiger partial charge in [0.25, 0.3) is 0 Å². The zero-order valence-electron chi connectivity index (χ0n) is 7.37. The van der Waals surface area contributed by atoms with Crippen molar-refractivity contribution in [3.63, 3.8) is 0 Å². The van der Waals surface area contributed by atoms with E-state index in [0.29, 0.717) is 0 Å². The Morgan fingerprint density at radius 1 is 1.31 bits per heavy atom. The summed E-state index contributed by atoms with van der Waals surface area (Å²) in [4.78, 5) is 0. The van der Waals surface area contributed by atoms with Gasteiger partial charge in [-0.05, 0) is 26.0 Å². The molecule has 13 heavy (non-hydrogen) atoms. The van der Waals surface area contributed by atoms with Crippen molar-refractivity contribution in [2.45, 2.75) is 20.0 Å². The Bertz CT molecular complexity index is 318. The number of alkyl halides is 3. The van der Waals surface area contributed by atoms with Gasteiger partial charge in [-0.25, -0.2) is 0 Å². The van der Waals surface area contributed by atoms with Gasteiger partial charge in [0, 0.05) is 5.41 Å². The second-order valence-electron chi connectivity index (χ2n) is 3.42. The Labute approximate surface area is 75.1 Å². The maximum atomic E-state index is 12.3. The van der Waals surface area contributed by atoms with Gasteiger partial charge in [0.05, 0.1) is 5.57 Å². The van der Waals surface area contributed by atoms with Crippen molar-refractivity contribution >= 4 is 0 Å². The van der Waals surface area contributed by atoms with E-state index in [1.54, 1.807) is 13.8 Å². The van der Waals surface area contributed by atoms with E-state index in [1.807, 2.05) is 0 Å². The first kappa shape index (κ1) is 9.91. The predicted molar refractivity (Wildman–Crippen MR) is 44.8 cm³/mol. The van der Waals surface area contributed by atoms with Crippen molar-refractivity contribution in [3.8, 4) is 11.8 Å². The van der Waals surface area contributed by atoms with Crippen LogP contribution in [0.1, 0.15) is 13.8 Å². The SMILES string of the molecule is CC1(C)C#CC=CC(C(F)(F)F)=C1. The van der Waals surface area contributed by atoms with Gasteiger partial charge in [-0.2, -0.15) is 13.2 Å². The molecule has 1 aliphatic rings. The van der Waals surface area contributed by atoms with E-state index in [0.717, 1.165) is 12.2 Å². The van der Waals surface area contributed by atoms with Crippen LogP contribution in [0.4, 0.5) is 13.2 Å². The third-order valence-electron chi connectivity index (χ3n) is 1.58. The molecule has 3 heteroatoms. The normalized spacial score (nSPS) is 19.9. The highest BCUT2D eigenvalue weighted by Gasteiger charge is 2.33. The number of allylic oxidation sites excluding steroid dienone is 4. The largest absolute Gasteiger partial charge is 0.416 e. The maximum Gasteiger partial charge on any atom is 0.416 e. The van der Waals surface area contributed by atoms with Gasteiger partial charge in [0.2, 0.25) is 0 Å². The van der Waals surface area contributed by atoms with Crippen molar-refractivity contribution < 1.29 is 13.2 Å². The first-order valence-corrected chi connectivity index (χ1v) is 3.80. The Balaban J connectivity index is 3.08. The standard InChI is InChI=1S/C10H9F3/c1-9(2)6-4-3-5-8(7-9)10(11,12)13/h3,5,7H,1-2H3. The van der Waals surface area contributed by atoms with Crippen molar-refractivity contribution in [2.24, 2.45) is 5.41 Å². The highest BCUT2D eigenvalue weighted by molar-refractivity contribution is 5.38. The van der Waals surface area contributed by atoms with Gasteiger partial charge in [0.1, 0.15) is 0 Å². The van der Waals surface area contributed by atoms with Crippen LogP contribution in [0.25, 0.3) is 0 Å². The smallest absolute Gasteiger partial charge is 0.166 e. The van der Waals surface area contributed by atoms with Gasteiger partial charge < -0.3 is 0 Å². The van der Waals surface area contributed by atoms with Crippen LogP contribution in [-0.2, 0) is 0 Å². The quantitative estimate of drug-likeness (QED) is 0.510. The summed E-state index contributed by atoms with van der Waals surface area (Å²) < 4.78 is 36.9. The van der Waals surface area contributed by atoms with Gasteiger partial charge in [-0.3, -0.25) is 0 Å². The molecule has 0 N–H and O–H groups in total. The molecule has 0 saturated heterocycles. The second-order valence-corrected chi connectivity index (χ2v) is 3.42. The first-order chi connectivity index (χ1) is 5.81. The van der Waals surface area contributed by atoms with Gasteiger partial charge >= 0.3 is 6.18 Å². The third kappa shape index (κ3) is 2.66. The van der Waals surface area contributed by atoms with E-state index in [4.69, 9.17) is 0 Å². The van der Waals surface area contributed by atoms with Crippen molar-refractivity contribution in [2.75, 3.05) is 0 Å². The molecule has 0 saturated carbocycles. The number of halogens is 3. The second kappa shape index (κ2) is 2.95. The zero-order valence-corrected chi connectivity index (χ0v) is 7.37. The summed E-state index contributed by atoms with van der Waals surface area (Å²) in [6, 6.07) is 0. The summed E-state index contributed by atoms with van der Waals surface area (Å²) in [5.41, 5.74) is -1.36. The van der Waals surface area contributed by atoms with E-state index in [2.05, 4.69) is 11.8 Å². The van der Waals surface area contributed by atoms with Crippen LogP contribution in [0.2, 0.25) is 0 Å². The molecule has 0 aromatic rings. The van der Waals surface area contributed by atoms with Crippen LogP contribution in [-0.4, -0.2) is 6.18 Å². The first-order valence-electron chi connectivity index (χ1n) is 3.80. The van der Waals surface area contributed by atoms with E-state index < -0.39 is 17.2 Å². The summed E-state index contributed by atoms with van der Waals surface area (Å²) in [7, 11) is 0. The van der Waals surface area contributed by atoms with Crippen LogP contribution < -0.4 is 0 Å². The molecule has 0 amide bonds. The van der Waals surface area contributed by atoms with Gasteiger partial charge in [-0.1, -0.05) is 17.9 Å². The summed E-state index contributed by atoms with van der Waals surface area (Å²) in [6.07, 6.45) is -0.916. The summed E-state index contributed by atoms with van der Waals surface area (Å²) >= 11 is 0. The van der Waals surface area contributed by atoms with Crippen LogP contribution in [0.15, 0.2) is 23.8 Å². The molecule has 0 unspecified atom stereocenters. The van der Waals surface area contributed by atoms with E-state index in [-0.39, 0.29) is 0 Å². The minimum atomic E-state index is -4.29. The molecule has 0 aromatic carbocycles. The minimum absolute atomic E-state index is 0.644. The zero-order chi connectivity index (χ0) is 10.1. The molecular formula is C10H9F3. The Hall–Kier alpha value is -1.17. The topological polar surface area (TPSA) is 0 Å². The average Bonchev–Trinajstić information content (AvgIpc) is 2.08. The number of hydrogen-bond donors (Lipinski definition) is 0. The Morgan fingerprint density at radius 3 is 2.46 bits per heavy atom. The monoisotopic (exact) mass is 186 g/mol. The molecule has 0 spiro atoms. The molecule has 0 fully saturated rings. The maximum absolute atomic E-state index is 12.3. The lowest BCUT2D eigenvalue weighted by Gasteiger charge is -2.14. The lowest BCUT2D eigenvalue weighted by atomic mass is 9.92. The summed E-state index contributed by atoms with van der Waals surface area (Å²) in [5, 5.41) is 0. The molecule has 0 nitrogen and oxygen atoms in total. The van der Waals surface area contributed by atoms with Crippen LogP contribution in [0.5, 0.6) is 0 Å². The molecule has 70 valence electrons. The molecular weight excluding hydrogens is 177 g/mol. The van der Waals surface area contributed by atoms with E-state index in [1.165, 1.54) is 6.08 Å². The van der Waals surface area contributed by atoms with Crippen molar-refractivity contribution in [1.82, 2.24) is 0 Å². The van der Waals surface area contributed by atoms with Gasteiger partial charge in [0.15, 0.2) is 0 Å². The van der Waals surface area contributed by atoms with Crippen molar-refractivity contribution in [1.29, 1.82) is 0 Å². The summed E-state index contributed by atoms with van der Waals surface area (Å²) in [5.74, 6) is 5.27. The summed E-state index contributed by atoms with van der Waals surface area (Å²) in [6.45, 7) is 3.30. The van der Waals surface area contributed by atoms with Crippen molar-refractivity contribution in [3.05, 3.63) is 23.8 Å². The van der Waals surface area contributed by atoms with E-state index >= 15 is 0 Å². The fourth-order valence-corrected chi connectivity index (χ4v) is 1.01. The Kier molecular flexibility index (Phi) is 2.25. The molecule has 0 radical (unpaired) electrons. The average molecular weight is 186 g/mol. The molecule has 0 aliphatic heterocycles. The number of hydrogen-bond acceptors (Lipinski definition) is 0. The molecule has 0 bridgehead atoms. The van der Waals surface area contributed by atoms with Crippen LogP contribution >= 0.6 is 0 Å². The fourth-order valence-electron chi connectivity index (χ4n) is 1.01. The Morgan fingerprint density at radius 2 is 1.92 bits per heavy atom. The number of rotatable bonds is 0. The highest BCUT2D eigenvalue weighted by atomic mass is 19.4. The van der Waals surface area contributed by atoms with E-state index in [9.17, 15) is 13.2 Å².